The van der Waals surface area contributed by atoms with E-state index in [1.54, 1.807) is 12.1 Å². The van der Waals surface area contributed by atoms with Crippen molar-refractivity contribution in [2.75, 3.05) is 13.7 Å². The molecule has 0 spiro atoms. The van der Waals surface area contributed by atoms with Crippen LogP contribution in [0, 0.1) is 6.92 Å². The highest BCUT2D eigenvalue weighted by Gasteiger charge is 2.53. The summed E-state index contributed by atoms with van der Waals surface area (Å²) in [6.45, 7) is 4.79. The monoisotopic (exact) mass is 298 g/mol. The number of hydrogen-bond donors (Lipinski definition) is 0. The minimum atomic E-state index is -4.22. The van der Waals surface area contributed by atoms with Crippen molar-refractivity contribution in [3.63, 3.8) is 0 Å². The molecule has 1 fully saturated rings. The van der Waals surface area contributed by atoms with Gasteiger partial charge in [0.1, 0.15) is 6.61 Å². The predicted octanol–water partition coefficient (Wildman–Crippen LogP) is 1.66. The molecular weight excluding hydrogens is 282 g/mol. The van der Waals surface area contributed by atoms with Crippen molar-refractivity contribution in [1.82, 2.24) is 4.31 Å². The van der Waals surface area contributed by atoms with Crippen LogP contribution in [0.1, 0.15) is 6.93 Å². The predicted molar refractivity (Wildman–Crippen MR) is 71.5 cm³/mol. The van der Waals surface area contributed by atoms with Crippen LogP contribution in [0.25, 0.3) is 0 Å². The smallest absolute Gasteiger partial charge is 0.426 e. The lowest BCUT2D eigenvalue weighted by atomic mass is 10.2. The number of ether oxygens (including phenoxy) is 2. The Hall–Kier alpha value is -1.86. The Labute approximate surface area is 119 Å². The Kier molecular flexibility index (Phi) is 3.23. The highest BCUT2D eigenvalue weighted by molar-refractivity contribution is 7.89. The van der Waals surface area contributed by atoms with E-state index in [1.807, 2.05) is 6.92 Å². The molecule has 1 aromatic rings. The number of hydrogen-bond acceptors (Lipinski definition) is 5. The molecule has 0 bridgehead atoms. The van der Waals surface area contributed by atoms with Crippen molar-refractivity contribution in [3.8, 4) is 0 Å². The van der Waals surface area contributed by atoms with E-state index in [4.69, 9.17) is 10.8 Å². The second-order valence-corrected chi connectivity index (χ2v) is 6.09. The molecule has 1 aromatic carbocycles. The number of rotatable bonds is 4. The number of nitrogens with zero attached hydrogens (tertiary/aromatic N) is 1. The van der Waals surface area contributed by atoms with Gasteiger partial charge in [0.15, 0.2) is 0 Å². The average Bonchev–Trinajstić information content (AvgIpc) is 2.78. The van der Waals surface area contributed by atoms with E-state index in [1.165, 1.54) is 19.2 Å². The van der Waals surface area contributed by atoms with Crippen LogP contribution >= 0.6 is 0 Å². The molecule has 7 heteroatoms. The van der Waals surface area contributed by atoms with Gasteiger partial charge >= 0.3 is 6.09 Å². The van der Waals surface area contributed by atoms with Crippen molar-refractivity contribution < 1.29 is 24.1 Å². The Morgan fingerprint density at radius 2 is 2.10 bits per heavy atom. The van der Waals surface area contributed by atoms with Gasteiger partial charge in [0.2, 0.25) is 5.72 Å². The minimum absolute atomic E-state index is 0.0883. The van der Waals surface area contributed by atoms with Crippen molar-refractivity contribution in [3.05, 3.63) is 42.5 Å². The molecule has 1 aliphatic heterocycles. The molecule has 6 nitrogen and oxygen atoms in total. The zero-order valence-electron chi connectivity index (χ0n) is 12.1. The fraction of sp³-hybridized carbons (Fsp3) is 0.308. The summed E-state index contributed by atoms with van der Waals surface area (Å²) in [6.07, 6.45) is -1.09. The Morgan fingerprint density at radius 1 is 1.50 bits per heavy atom. The van der Waals surface area contributed by atoms with Gasteiger partial charge in [-0.2, -0.15) is 4.31 Å². The normalized spacial score (nSPS) is 23.4. The molecule has 0 N–H and O–H groups in total. The molecule has 0 aromatic heterocycles. The van der Waals surface area contributed by atoms with Gasteiger partial charge in [-0.3, -0.25) is 0 Å². The molecule has 20 heavy (non-hydrogen) atoms. The van der Waals surface area contributed by atoms with Gasteiger partial charge in [0.25, 0.3) is 10.0 Å². The maximum Gasteiger partial charge on any atom is 0.426 e. The summed E-state index contributed by atoms with van der Waals surface area (Å²) in [5.74, 6) is 0. The summed E-state index contributed by atoms with van der Waals surface area (Å²) in [4.78, 5) is 11.8. The van der Waals surface area contributed by atoms with Crippen molar-refractivity contribution in [1.29, 1.82) is 0 Å². The lowest BCUT2D eigenvalue weighted by Crippen LogP contribution is -2.50. The van der Waals surface area contributed by atoms with E-state index in [2.05, 4.69) is 6.58 Å². The standard InChI is InChI=1S/C13H15NO5S/c1-4-13(18-3)9-19-12(15)14(13)20(16,17)11-7-5-10(2)6-8-11/h4-8H,1,9H2,2-3H3/i4D. The van der Waals surface area contributed by atoms with E-state index < -0.39 is 28.4 Å². The molecule has 1 saturated heterocycles. The summed E-state index contributed by atoms with van der Waals surface area (Å²) in [5, 5.41) is 0. The van der Waals surface area contributed by atoms with Crippen LogP contribution in [-0.2, 0) is 19.5 Å². The largest absolute Gasteiger partial charge is 0.443 e. The first-order valence-corrected chi connectivity index (χ1v) is 7.20. The number of aryl methyl sites for hydroxylation is 1. The molecule has 0 saturated carbocycles. The van der Waals surface area contributed by atoms with Crippen molar-refractivity contribution >= 4 is 16.1 Å². The number of carbonyl (C=O) groups excluding carboxylic acids is 1. The summed E-state index contributed by atoms with van der Waals surface area (Å²) in [6, 6.07) is 5.59. The zero-order chi connectivity index (χ0) is 15.8. The zero-order valence-corrected chi connectivity index (χ0v) is 11.9. The summed E-state index contributed by atoms with van der Waals surface area (Å²) in [5.41, 5.74) is -0.971. The lowest BCUT2D eigenvalue weighted by molar-refractivity contribution is -0.0247. The van der Waals surface area contributed by atoms with Gasteiger partial charge in [0, 0.05) is 7.11 Å². The molecule has 0 aliphatic carbocycles. The summed E-state index contributed by atoms with van der Waals surface area (Å²) >= 11 is 0. The van der Waals surface area contributed by atoms with Gasteiger partial charge in [-0.1, -0.05) is 24.3 Å². The molecule has 2 rings (SSSR count). The molecule has 1 unspecified atom stereocenters. The highest BCUT2D eigenvalue weighted by atomic mass is 32.2. The first-order valence-electron chi connectivity index (χ1n) is 6.26. The molecule has 1 aliphatic rings. The number of cyclic esters (lactones) is 1. The number of carbonyl (C=O) groups is 1. The van der Waals surface area contributed by atoms with E-state index in [0.717, 1.165) is 5.56 Å². The number of amides is 1. The minimum Gasteiger partial charge on any atom is -0.443 e. The molecule has 1 atom stereocenters. The third-order valence-corrected chi connectivity index (χ3v) is 4.85. The van der Waals surface area contributed by atoms with E-state index in [-0.39, 0.29) is 10.9 Å². The maximum absolute atomic E-state index is 12.7. The molecule has 1 amide bonds. The number of benzene rings is 1. The van der Waals surface area contributed by atoms with Gasteiger partial charge in [-0.05, 0) is 25.1 Å². The van der Waals surface area contributed by atoms with E-state index in [9.17, 15) is 13.2 Å². The highest BCUT2D eigenvalue weighted by Crippen LogP contribution is 2.32. The van der Waals surface area contributed by atoms with E-state index in [0.29, 0.717) is 4.31 Å². The SMILES string of the molecule is [2H]C(=C)C1(OC)COC(=O)N1S(=O)(=O)c1ccc(C)cc1. The second-order valence-electron chi connectivity index (χ2n) is 4.30. The van der Waals surface area contributed by atoms with Crippen LogP contribution in [0.3, 0.4) is 0 Å². The number of methoxy groups -OCH3 is 1. The molecular formula is C13H15NO5S. The number of sulfonamides is 1. The van der Waals surface area contributed by atoms with Crippen LogP contribution in [0.2, 0.25) is 0 Å². The fourth-order valence-electron chi connectivity index (χ4n) is 1.87. The van der Waals surface area contributed by atoms with E-state index >= 15 is 0 Å². The van der Waals surface area contributed by atoms with Crippen LogP contribution in [0.15, 0.2) is 41.8 Å². The van der Waals surface area contributed by atoms with Crippen LogP contribution in [0.4, 0.5) is 4.79 Å². The quantitative estimate of drug-likeness (QED) is 0.791. The van der Waals surface area contributed by atoms with Crippen LogP contribution < -0.4 is 0 Å². The second kappa shape index (κ2) is 4.92. The Morgan fingerprint density at radius 3 is 2.60 bits per heavy atom. The summed E-state index contributed by atoms with van der Waals surface area (Å²) in [7, 11) is -3.02. The Bertz CT molecular complexity index is 685. The average molecular weight is 298 g/mol. The third-order valence-electron chi connectivity index (χ3n) is 3.06. The van der Waals surface area contributed by atoms with Gasteiger partial charge in [-0.15, -0.1) is 0 Å². The topological polar surface area (TPSA) is 72.9 Å². The van der Waals surface area contributed by atoms with Crippen molar-refractivity contribution in [2.45, 2.75) is 17.5 Å². The van der Waals surface area contributed by atoms with Gasteiger partial charge in [0.05, 0.1) is 6.27 Å². The molecule has 0 radical (unpaired) electrons. The maximum atomic E-state index is 12.7. The third kappa shape index (κ3) is 2.08. The first kappa shape index (κ1) is 13.1. The van der Waals surface area contributed by atoms with Crippen molar-refractivity contribution in [2.24, 2.45) is 0 Å². The molecule has 108 valence electrons. The van der Waals surface area contributed by atoms with Crippen LogP contribution in [-0.4, -0.2) is 38.3 Å². The lowest BCUT2D eigenvalue weighted by Gasteiger charge is -2.29. The molecule has 1 heterocycles. The first-order chi connectivity index (χ1) is 9.75. The summed E-state index contributed by atoms with van der Waals surface area (Å²) < 4.78 is 43.3. The van der Waals surface area contributed by atoms with Gasteiger partial charge in [-0.25, -0.2) is 13.2 Å². The Balaban J connectivity index is 2.58. The fourth-order valence-corrected chi connectivity index (χ4v) is 3.39. The van der Waals surface area contributed by atoms with Gasteiger partial charge < -0.3 is 9.47 Å². The van der Waals surface area contributed by atoms with Crippen LogP contribution in [0.5, 0.6) is 0 Å².